The largest absolute Gasteiger partial charge is 0.331 e. The third kappa shape index (κ3) is 4.28. The number of fused-ring (bicyclic) bond motifs is 1. The van der Waals surface area contributed by atoms with Crippen molar-refractivity contribution >= 4 is 31.2 Å². The number of rotatable bonds is 8. The van der Waals surface area contributed by atoms with E-state index in [2.05, 4.69) is 0 Å². The zero-order valence-electron chi connectivity index (χ0n) is 20.8. The molecule has 0 amide bonds. The minimum atomic E-state index is -5.47. The number of hydrogen-bond acceptors (Lipinski definition) is 6. The molecule has 0 radical (unpaired) electrons. The van der Waals surface area contributed by atoms with E-state index in [4.69, 9.17) is 0 Å². The van der Waals surface area contributed by atoms with Gasteiger partial charge in [-0.15, -0.1) is 0 Å². The highest BCUT2D eigenvalue weighted by molar-refractivity contribution is 8.10. The molecule has 0 spiro atoms. The first-order valence-corrected chi connectivity index (χ1v) is 15.2. The van der Waals surface area contributed by atoms with Crippen LogP contribution in [0.1, 0.15) is 39.7 Å². The molecule has 0 saturated heterocycles. The highest BCUT2D eigenvalue weighted by atomic mass is 32.3. The van der Waals surface area contributed by atoms with Crippen molar-refractivity contribution in [1.82, 2.24) is 0 Å². The fraction of sp³-hybridized carbons (Fsp3) is 0.133. The number of hydrogen-bond donors (Lipinski definition) is 0. The fourth-order valence-electron chi connectivity index (χ4n) is 5.09. The Kier molecular flexibility index (Phi) is 7.01. The Balaban J connectivity index is 1.75. The molecule has 40 heavy (non-hydrogen) atoms. The SMILES string of the molecule is O=C(C[C@@H]1C(=O)[C@H](C(F)(S(=O)(=O)c2ccccc2)S(=O)(=O)c2ccccc2)c2cc(F)ccc21)c1ccccc1. The first-order valence-electron chi connectivity index (χ1n) is 12.2. The normalized spacial score (nSPS) is 17.4. The van der Waals surface area contributed by atoms with Crippen LogP contribution in [0.3, 0.4) is 0 Å². The van der Waals surface area contributed by atoms with Crippen LogP contribution in [0.15, 0.2) is 119 Å². The van der Waals surface area contributed by atoms with E-state index in [0.717, 1.165) is 42.5 Å². The molecular formula is C30H22F2O6S2. The maximum Gasteiger partial charge on any atom is 0.331 e. The fourth-order valence-corrected chi connectivity index (χ4v) is 9.60. The summed E-state index contributed by atoms with van der Waals surface area (Å²) in [6.45, 7) is 0. The molecule has 0 bridgehead atoms. The number of alkyl halides is 1. The van der Waals surface area contributed by atoms with Gasteiger partial charge in [-0.05, 0) is 47.5 Å². The summed E-state index contributed by atoms with van der Waals surface area (Å²) in [5.41, 5.74) is -0.186. The Morgan fingerprint density at radius 2 is 1.18 bits per heavy atom. The lowest BCUT2D eigenvalue weighted by molar-refractivity contribution is -0.122. The molecule has 0 aromatic heterocycles. The summed E-state index contributed by atoms with van der Waals surface area (Å²) in [6.07, 6.45) is -0.495. The van der Waals surface area contributed by atoms with Gasteiger partial charge in [0.05, 0.1) is 15.7 Å². The van der Waals surface area contributed by atoms with Gasteiger partial charge in [-0.1, -0.05) is 72.8 Å². The molecular weight excluding hydrogens is 558 g/mol. The average molecular weight is 581 g/mol. The number of carbonyl (C=O) groups is 2. The van der Waals surface area contributed by atoms with Crippen LogP contribution in [0, 0.1) is 5.82 Å². The minimum Gasteiger partial charge on any atom is -0.298 e. The van der Waals surface area contributed by atoms with E-state index in [0.29, 0.717) is 0 Å². The van der Waals surface area contributed by atoms with Crippen LogP contribution in [0.2, 0.25) is 0 Å². The molecule has 2 atom stereocenters. The molecule has 0 fully saturated rings. The van der Waals surface area contributed by atoms with Crippen molar-refractivity contribution in [3.05, 3.63) is 132 Å². The van der Waals surface area contributed by atoms with E-state index >= 15 is 4.39 Å². The molecule has 1 aliphatic carbocycles. The molecule has 6 nitrogen and oxygen atoms in total. The second kappa shape index (κ2) is 10.2. The number of halogens is 2. The average Bonchev–Trinajstić information content (AvgIpc) is 3.23. The van der Waals surface area contributed by atoms with Gasteiger partial charge in [-0.2, -0.15) is 0 Å². The minimum absolute atomic E-state index is 0.00534. The molecule has 4 aromatic carbocycles. The second-order valence-corrected chi connectivity index (χ2v) is 13.8. The smallest absolute Gasteiger partial charge is 0.298 e. The summed E-state index contributed by atoms with van der Waals surface area (Å²) in [4.78, 5) is 25.7. The molecule has 5 rings (SSSR count). The molecule has 0 heterocycles. The number of sulfone groups is 2. The van der Waals surface area contributed by atoms with Gasteiger partial charge in [-0.25, -0.2) is 25.6 Å². The van der Waals surface area contributed by atoms with Crippen molar-refractivity contribution in [3.8, 4) is 0 Å². The first kappa shape index (κ1) is 27.5. The van der Waals surface area contributed by atoms with E-state index in [9.17, 15) is 30.8 Å². The molecule has 0 saturated carbocycles. The number of carbonyl (C=O) groups excluding carboxylic acids is 2. The lowest BCUT2D eigenvalue weighted by Gasteiger charge is -2.30. The van der Waals surface area contributed by atoms with Crippen LogP contribution in [-0.2, 0) is 24.5 Å². The second-order valence-electron chi connectivity index (χ2n) is 9.37. The Morgan fingerprint density at radius 1 is 0.700 bits per heavy atom. The zero-order chi connectivity index (χ0) is 28.7. The molecule has 4 aromatic rings. The van der Waals surface area contributed by atoms with Crippen molar-refractivity contribution in [2.75, 3.05) is 0 Å². The van der Waals surface area contributed by atoms with Crippen LogP contribution in [0.25, 0.3) is 0 Å². The van der Waals surface area contributed by atoms with Gasteiger partial charge < -0.3 is 0 Å². The summed E-state index contributed by atoms with van der Waals surface area (Å²) >= 11 is 0. The van der Waals surface area contributed by atoms with Crippen LogP contribution < -0.4 is 0 Å². The lowest BCUT2D eigenvalue weighted by atomic mass is 9.92. The van der Waals surface area contributed by atoms with Gasteiger partial charge in [-0.3, -0.25) is 9.59 Å². The molecule has 1 aliphatic rings. The standard InChI is InChI=1S/C30H22F2O6S2/c31-21-16-17-24-25(18-21)28(29(34)26(24)19-27(33)20-10-4-1-5-11-20)30(32,39(35,36)22-12-6-2-7-13-22)40(37,38)23-14-8-3-9-15-23/h1-18,26,28H,19H2/t26-,28+/m0/s1. The maximum absolute atomic E-state index is 17.7. The van der Waals surface area contributed by atoms with Crippen molar-refractivity contribution < 1.29 is 35.2 Å². The monoisotopic (exact) mass is 580 g/mol. The topological polar surface area (TPSA) is 102 Å². The van der Waals surface area contributed by atoms with Gasteiger partial charge in [0.25, 0.3) is 0 Å². The molecule has 0 unspecified atom stereocenters. The predicted octanol–water partition coefficient (Wildman–Crippen LogP) is 5.42. The number of ketones is 2. The lowest BCUT2D eigenvalue weighted by Crippen LogP contribution is -2.49. The third-order valence-corrected chi connectivity index (χ3v) is 12.1. The highest BCUT2D eigenvalue weighted by Gasteiger charge is 2.68. The van der Waals surface area contributed by atoms with E-state index < -0.39 is 75.0 Å². The van der Waals surface area contributed by atoms with Crippen LogP contribution in [0.5, 0.6) is 0 Å². The summed E-state index contributed by atoms with van der Waals surface area (Å²) in [7, 11) is -10.9. The van der Waals surface area contributed by atoms with Crippen molar-refractivity contribution in [2.45, 2.75) is 32.4 Å². The summed E-state index contributed by atoms with van der Waals surface area (Å²) < 4.78 is 83.9. The van der Waals surface area contributed by atoms with E-state index in [-0.39, 0.29) is 11.1 Å². The van der Waals surface area contributed by atoms with Gasteiger partial charge in [0, 0.05) is 12.0 Å². The van der Waals surface area contributed by atoms with Crippen LogP contribution in [-0.4, -0.2) is 32.7 Å². The Hall–Kier alpha value is -4.02. The van der Waals surface area contributed by atoms with Gasteiger partial charge in [0.2, 0.25) is 19.7 Å². The first-order chi connectivity index (χ1) is 19.0. The summed E-state index contributed by atoms with van der Waals surface area (Å²) in [5, 5.41) is 0. The van der Waals surface area contributed by atoms with E-state index in [1.165, 1.54) is 48.5 Å². The Morgan fingerprint density at radius 3 is 1.68 bits per heavy atom. The van der Waals surface area contributed by atoms with Gasteiger partial charge in [0.1, 0.15) is 11.7 Å². The molecule has 204 valence electrons. The summed E-state index contributed by atoms with van der Waals surface area (Å²) in [6, 6.07) is 23.0. The quantitative estimate of drug-likeness (QED) is 0.258. The van der Waals surface area contributed by atoms with Crippen molar-refractivity contribution in [2.24, 2.45) is 0 Å². The van der Waals surface area contributed by atoms with Gasteiger partial charge in [0.15, 0.2) is 11.6 Å². The molecule has 0 N–H and O–H groups in total. The van der Waals surface area contributed by atoms with E-state index in [1.807, 2.05) is 0 Å². The van der Waals surface area contributed by atoms with Crippen LogP contribution >= 0.6 is 0 Å². The predicted molar refractivity (Wildman–Crippen MR) is 143 cm³/mol. The van der Waals surface area contributed by atoms with Crippen molar-refractivity contribution in [1.29, 1.82) is 0 Å². The van der Waals surface area contributed by atoms with E-state index in [1.54, 1.807) is 18.2 Å². The third-order valence-electron chi connectivity index (χ3n) is 7.03. The summed E-state index contributed by atoms with van der Waals surface area (Å²) in [5.74, 6) is -6.45. The van der Waals surface area contributed by atoms with Crippen molar-refractivity contribution in [3.63, 3.8) is 0 Å². The zero-order valence-corrected chi connectivity index (χ0v) is 22.4. The highest BCUT2D eigenvalue weighted by Crippen LogP contribution is 2.54. The number of Topliss-reactive ketones (excluding diaryl/α,β-unsaturated/α-hetero) is 2. The molecule has 0 aliphatic heterocycles. The maximum atomic E-state index is 17.7. The van der Waals surface area contributed by atoms with Gasteiger partial charge >= 0.3 is 4.33 Å². The Bertz CT molecular complexity index is 1740. The Labute approximate surface area is 230 Å². The van der Waals surface area contributed by atoms with Crippen LogP contribution in [0.4, 0.5) is 8.78 Å². The number of benzene rings is 4. The molecule has 10 heteroatoms.